The molecule has 0 radical (unpaired) electrons. The number of aromatic nitrogens is 2. The van der Waals surface area contributed by atoms with Crippen LogP contribution in [0.15, 0.2) is 55.0 Å². The topological polar surface area (TPSA) is 47.0 Å². The molecular weight excluding hydrogens is 262 g/mol. The smallest absolute Gasteiger partial charge is 0.142 e. The third-order valence-corrected chi connectivity index (χ3v) is 3.63. The molecule has 0 spiro atoms. The minimum Gasteiger partial charge on any atom is -0.495 e. The molecule has 2 heterocycles. The number of methoxy groups -OCH3 is 1. The van der Waals surface area contributed by atoms with E-state index in [2.05, 4.69) is 27.4 Å². The van der Waals surface area contributed by atoms with E-state index in [1.807, 2.05) is 37.5 Å². The molecule has 0 aliphatic heterocycles. The van der Waals surface area contributed by atoms with E-state index in [9.17, 15) is 0 Å². The van der Waals surface area contributed by atoms with E-state index in [1.165, 1.54) is 5.56 Å². The fraction of sp³-hybridized carbons (Fsp3) is 0.176. The first-order valence-corrected chi connectivity index (χ1v) is 6.84. The third-order valence-electron chi connectivity index (χ3n) is 3.63. The molecule has 1 N–H and O–H groups in total. The molecule has 0 amide bonds. The molecule has 3 rings (SSSR count). The van der Waals surface area contributed by atoms with Crippen molar-refractivity contribution in [3.8, 4) is 5.75 Å². The third kappa shape index (κ3) is 2.45. The van der Waals surface area contributed by atoms with Crippen LogP contribution in [0.1, 0.15) is 17.2 Å². The van der Waals surface area contributed by atoms with E-state index in [1.54, 1.807) is 19.5 Å². The van der Waals surface area contributed by atoms with Crippen molar-refractivity contribution in [3.05, 3.63) is 66.1 Å². The first-order chi connectivity index (χ1) is 10.3. The summed E-state index contributed by atoms with van der Waals surface area (Å²) < 4.78 is 5.44. The fourth-order valence-electron chi connectivity index (χ4n) is 2.66. The summed E-state index contributed by atoms with van der Waals surface area (Å²) in [5.41, 5.74) is 3.22. The lowest BCUT2D eigenvalue weighted by Crippen LogP contribution is -2.19. The molecule has 0 aliphatic carbocycles. The molecular formula is C17H17N3O. The van der Waals surface area contributed by atoms with E-state index < -0.39 is 0 Å². The highest BCUT2D eigenvalue weighted by Crippen LogP contribution is 2.32. The van der Waals surface area contributed by atoms with Crippen molar-refractivity contribution in [3.63, 3.8) is 0 Å². The fourth-order valence-corrected chi connectivity index (χ4v) is 2.66. The number of hydrogen-bond donors (Lipinski definition) is 1. The summed E-state index contributed by atoms with van der Waals surface area (Å²) in [7, 11) is 3.61. The van der Waals surface area contributed by atoms with E-state index in [4.69, 9.17) is 4.74 Å². The molecule has 2 aromatic heterocycles. The van der Waals surface area contributed by atoms with Crippen LogP contribution in [0.3, 0.4) is 0 Å². The zero-order valence-corrected chi connectivity index (χ0v) is 12.1. The van der Waals surface area contributed by atoms with Crippen LogP contribution in [0.4, 0.5) is 0 Å². The molecule has 0 aliphatic rings. The lowest BCUT2D eigenvalue weighted by molar-refractivity contribution is 0.403. The van der Waals surface area contributed by atoms with Gasteiger partial charge in [-0.25, -0.2) is 0 Å². The van der Waals surface area contributed by atoms with Crippen molar-refractivity contribution in [2.45, 2.75) is 6.04 Å². The summed E-state index contributed by atoms with van der Waals surface area (Å²) in [4.78, 5) is 8.55. The molecule has 1 unspecified atom stereocenters. The Hall–Kier alpha value is -2.46. The first kappa shape index (κ1) is 13.5. The van der Waals surface area contributed by atoms with Crippen LogP contribution in [-0.4, -0.2) is 24.1 Å². The monoisotopic (exact) mass is 279 g/mol. The lowest BCUT2D eigenvalue weighted by Gasteiger charge is -2.20. The summed E-state index contributed by atoms with van der Waals surface area (Å²) >= 11 is 0. The minimum absolute atomic E-state index is 0.0239. The van der Waals surface area contributed by atoms with Gasteiger partial charge in [0, 0.05) is 23.3 Å². The molecule has 1 atom stereocenters. The van der Waals surface area contributed by atoms with Crippen LogP contribution in [0.2, 0.25) is 0 Å². The van der Waals surface area contributed by atoms with Gasteiger partial charge in [0.1, 0.15) is 5.75 Å². The van der Waals surface area contributed by atoms with Crippen LogP contribution >= 0.6 is 0 Å². The van der Waals surface area contributed by atoms with Crippen molar-refractivity contribution < 1.29 is 4.74 Å². The normalized spacial score (nSPS) is 12.3. The first-order valence-electron chi connectivity index (χ1n) is 6.84. The maximum atomic E-state index is 5.44. The number of nitrogens with one attached hydrogen (secondary N) is 1. The molecule has 21 heavy (non-hydrogen) atoms. The SMILES string of the molecule is CNC(c1ccncc1OC)c1cccc2ncccc12. The van der Waals surface area contributed by atoms with Gasteiger partial charge in [-0.2, -0.15) is 0 Å². The zero-order chi connectivity index (χ0) is 14.7. The number of benzene rings is 1. The van der Waals surface area contributed by atoms with Crippen LogP contribution < -0.4 is 10.1 Å². The van der Waals surface area contributed by atoms with Crippen LogP contribution in [0.25, 0.3) is 10.9 Å². The number of nitrogens with zero attached hydrogens (tertiary/aromatic N) is 2. The summed E-state index contributed by atoms with van der Waals surface area (Å²) in [5, 5.41) is 4.50. The van der Waals surface area contributed by atoms with Gasteiger partial charge in [-0.05, 0) is 30.8 Å². The maximum Gasteiger partial charge on any atom is 0.142 e. The number of fused-ring (bicyclic) bond motifs is 1. The standard InChI is InChI=1S/C17H17N3O/c1-18-17(14-8-10-19-11-16(14)21-2)13-5-3-7-15-12(13)6-4-9-20-15/h3-11,17-18H,1-2H3. The van der Waals surface area contributed by atoms with Gasteiger partial charge in [-0.3, -0.25) is 9.97 Å². The zero-order valence-electron chi connectivity index (χ0n) is 12.1. The Kier molecular flexibility index (Phi) is 3.79. The van der Waals surface area contributed by atoms with Crippen molar-refractivity contribution in [1.82, 2.24) is 15.3 Å². The summed E-state index contributed by atoms with van der Waals surface area (Å²) in [6.07, 6.45) is 5.34. The number of hydrogen-bond acceptors (Lipinski definition) is 4. The van der Waals surface area contributed by atoms with E-state index >= 15 is 0 Å². The molecule has 0 fully saturated rings. The van der Waals surface area contributed by atoms with Crippen LogP contribution in [0.5, 0.6) is 5.75 Å². The Morgan fingerprint density at radius 3 is 2.76 bits per heavy atom. The molecule has 0 saturated heterocycles. The Labute approximate surface area is 123 Å². The molecule has 1 aromatic carbocycles. The highest BCUT2D eigenvalue weighted by molar-refractivity contribution is 5.83. The molecule has 0 bridgehead atoms. The second-order valence-electron chi connectivity index (χ2n) is 4.76. The Morgan fingerprint density at radius 2 is 1.95 bits per heavy atom. The maximum absolute atomic E-state index is 5.44. The highest BCUT2D eigenvalue weighted by Gasteiger charge is 2.18. The Balaban J connectivity index is 2.19. The van der Waals surface area contributed by atoms with Crippen molar-refractivity contribution in [1.29, 1.82) is 0 Å². The Bertz CT molecular complexity index is 752. The predicted molar refractivity (Wildman–Crippen MR) is 83.4 cm³/mol. The summed E-state index contributed by atoms with van der Waals surface area (Å²) in [6.45, 7) is 0. The van der Waals surface area contributed by atoms with Crippen LogP contribution in [0, 0.1) is 0 Å². The Morgan fingerprint density at radius 1 is 1.05 bits per heavy atom. The lowest BCUT2D eigenvalue weighted by atomic mass is 9.95. The van der Waals surface area contributed by atoms with E-state index in [-0.39, 0.29) is 6.04 Å². The predicted octanol–water partition coefficient (Wildman–Crippen LogP) is 2.95. The molecule has 0 saturated carbocycles. The second-order valence-corrected chi connectivity index (χ2v) is 4.76. The second kappa shape index (κ2) is 5.89. The van der Waals surface area contributed by atoms with Gasteiger partial charge in [-0.15, -0.1) is 0 Å². The van der Waals surface area contributed by atoms with Crippen molar-refractivity contribution >= 4 is 10.9 Å². The van der Waals surface area contributed by atoms with Gasteiger partial charge in [0.25, 0.3) is 0 Å². The van der Waals surface area contributed by atoms with E-state index in [0.717, 1.165) is 22.2 Å². The summed E-state index contributed by atoms with van der Waals surface area (Å²) in [6, 6.07) is 12.2. The van der Waals surface area contributed by atoms with Gasteiger partial charge in [-0.1, -0.05) is 18.2 Å². The van der Waals surface area contributed by atoms with Gasteiger partial charge in [0.2, 0.25) is 0 Å². The number of rotatable bonds is 4. The van der Waals surface area contributed by atoms with Gasteiger partial charge in [0.05, 0.1) is 24.9 Å². The molecule has 3 aromatic rings. The van der Waals surface area contributed by atoms with Gasteiger partial charge < -0.3 is 10.1 Å². The summed E-state index contributed by atoms with van der Waals surface area (Å²) in [5.74, 6) is 0.776. The quantitative estimate of drug-likeness (QED) is 0.797. The van der Waals surface area contributed by atoms with E-state index in [0.29, 0.717) is 0 Å². The average molecular weight is 279 g/mol. The molecule has 4 heteroatoms. The van der Waals surface area contributed by atoms with Crippen molar-refractivity contribution in [2.24, 2.45) is 0 Å². The number of ether oxygens (including phenoxy) is 1. The minimum atomic E-state index is 0.0239. The molecule has 106 valence electrons. The van der Waals surface area contributed by atoms with Gasteiger partial charge in [0.15, 0.2) is 0 Å². The van der Waals surface area contributed by atoms with Gasteiger partial charge >= 0.3 is 0 Å². The van der Waals surface area contributed by atoms with Crippen LogP contribution in [-0.2, 0) is 0 Å². The number of pyridine rings is 2. The largest absolute Gasteiger partial charge is 0.495 e. The van der Waals surface area contributed by atoms with Crippen molar-refractivity contribution in [2.75, 3.05) is 14.2 Å². The highest BCUT2D eigenvalue weighted by atomic mass is 16.5. The average Bonchev–Trinajstić information content (AvgIpc) is 2.56. The molecule has 4 nitrogen and oxygen atoms in total.